The highest BCUT2D eigenvalue weighted by molar-refractivity contribution is 6.03. The average Bonchev–Trinajstić information content (AvgIpc) is 2.87. The molecule has 0 saturated heterocycles. The van der Waals surface area contributed by atoms with Crippen LogP contribution in [0.15, 0.2) is 60.2 Å². The molecule has 22 heavy (non-hydrogen) atoms. The van der Waals surface area contributed by atoms with Gasteiger partial charge < -0.3 is 4.74 Å². The minimum atomic E-state index is -0.294. The summed E-state index contributed by atoms with van der Waals surface area (Å²) in [4.78, 5) is 12.3. The fourth-order valence-electron chi connectivity index (χ4n) is 2.91. The summed E-state index contributed by atoms with van der Waals surface area (Å²) in [7, 11) is 0. The number of carbonyl (C=O) groups is 1. The van der Waals surface area contributed by atoms with Crippen molar-refractivity contribution >= 4 is 11.5 Å². The van der Waals surface area contributed by atoms with E-state index in [0.29, 0.717) is 0 Å². The quantitative estimate of drug-likeness (QED) is 0.753. The maximum absolute atomic E-state index is 12.3. The first-order valence-electron chi connectivity index (χ1n) is 7.76. The van der Waals surface area contributed by atoms with E-state index in [1.54, 1.807) is 0 Å². The Morgan fingerprint density at radius 1 is 1.00 bits per heavy atom. The number of carbonyl (C=O) groups excluding carboxylic acids is 1. The Bertz CT molecular complexity index is 696. The van der Waals surface area contributed by atoms with Crippen molar-refractivity contribution in [2.45, 2.75) is 32.8 Å². The Balaban J connectivity index is 2.11. The van der Waals surface area contributed by atoms with Crippen molar-refractivity contribution in [2.75, 3.05) is 0 Å². The number of hydrogen-bond donors (Lipinski definition) is 0. The molecule has 0 fully saturated rings. The summed E-state index contributed by atoms with van der Waals surface area (Å²) in [6.07, 6.45) is 1.39. The fourth-order valence-corrected chi connectivity index (χ4v) is 2.91. The monoisotopic (exact) mass is 292 g/mol. The number of cyclic esters (lactones) is 1. The second-order valence-corrected chi connectivity index (χ2v) is 5.70. The average molecular weight is 292 g/mol. The van der Waals surface area contributed by atoms with Gasteiger partial charge in [0.15, 0.2) is 6.10 Å². The molecule has 0 saturated carbocycles. The van der Waals surface area contributed by atoms with Crippen molar-refractivity contribution in [1.29, 1.82) is 0 Å². The van der Waals surface area contributed by atoms with Crippen LogP contribution in [0.4, 0.5) is 0 Å². The zero-order valence-electron chi connectivity index (χ0n) is 13.0. The largest absolute Gasteiger partial charge is 0.449 e. The van der Waals surface area contributed by atoms with Crippen LogP contribution in [0.5, 0.6) is 0 Å². The van der Waals surface area contributed by atoms with E-state index in [9.17, 15) is 4.79 Å². The SMILES string of the molecule is CCCC1=C(c2ccc(C)cc2)[C@H](c2ccccc2)OC1=O. The van der Waals surface area contributed by atoms with Crippen LogP contribution < -0.4 is 0 Å². The molecule has 0 aliphatic carbocycles. The van der Waals surface area contributed by atoms with Crippen LogP contribution in [0, 0.1) is 6.92 Å². The smallest absolute Gasteiger partial charge is 0.335 e. The van der Waals surface area contributed by atoms with E-state index in [1.165, 1.54) is 5.56 Å². The van der Waals surface area contributed by atoms with Crippen molar-refractivity contribution in [3.8, 4) is 0 Å². The summed E-state index contributed by atoms with van der Waals surface area (Å²) in [5.41, 5.74) is 5.16. The number of aryl methyl sites for hydroxylation is 1. The molecule has 1 aliphatic rings. The molecule has 1 heterocycles. The van der Waals surface area contributed by atoms with Crippen LogP contribution in [-0.2, 0) is 9.53 Å². The highest BCUT2D eigenvalue weighted by Gasteiger charge is 2.35. The molecule has 0 amide bonds. The summed E-state index contributed by atoms with van der Waals surface area (Å²) < 4.78 is 5.70. The van der Waals surface area contributed by atoms with E-state index in [-0.39, 0.29) is 12.1 Å². The first-order chi connectivity index (χ1) is 10.7. The van der Waals surface area contributed by atoms with E-state index in [0.717, 1.165) is 35.1 Å². The van der Waals surface area contributed by atoms with Gasteiger partial charge in [0.2, 0.25) is 0 Å². The maximum atomic E-state index is 12.3. The normalized spacial score (nSPS) is 17.7. The Labute approximate surface area is 131 Å². The standard InChI is InChI=1S/C20H20O2/c1-3-7-17-18(15-12-10-14(2)11-13-15)19(22-20(17)21)16-8-5-4-6-9-16/h4-6,8-13,19H,3,7H2,1-2H3/t19-/m0/s1. The molecule has 3 rings (SSSR count). The van der Waals surface area contributed by atoms with Gasteiger partial charge in [-0.1, -0.05) is 73.5 Å². The first-order valence-corrected chi connectivity index (χ1v) is 7.76. The van der Waals surface area contributed by atoms with Gasteiger partial charge in [0.05, 0.1) is 0 Å². The molecule has 2 aromatic rings. The van der Waals surface area contributed by atoms with Crippen LogP contribution in [0.2, 0.25) is 0 Å². The molecule has 2 heteroatoms. The molecule has 2 aromatic carbocycles. The van der Waals surface area contributed by atoms with Gasteiger partial charge in [-0.3, -0.25) is 0 Å². The summed E-state index contributed by atoms with van der Waals surface area (Å²) in [5, 5.41) is 0. The van der Waals surface area contributed by atoms with Gasteiger partial charge in [-0.15, -0.1) is 0 Å². The Kier molecular flexibility index (Phi) is 4.10. The Morgan fingerprint density at radius 2 is 1.68 bits per heavy atom. The maximum Gasteiger partial charge on any atom is 0.335 e. The topological polar surface area (TPSA) is 26.3 Å². The second-order valence-electron chi connectivity index (χ2n) is 5.70. The molecule has 0 bridgehead atoms. The molecule has 0 spiro atoms. The highest BCUT2D eigenvalue weighted by atomic mass is 16.5. The van der Waals surface area contributed by atoms with Gasteiger partial charge in [0.1, 0.15) is 0 Å². The molecule has 1 aliphatic heterocycles. The zero-order chi connectivity index (χ0) is 15.5. The van der Waals surface area contributed by atoms with Crippen LogP contribution in [0.25, 0.3) is 5.57 Å². The highest BCUT2D eigenvalue weighted by Crippen LogP contribution is 2.42. The third-order valence-corrected chi connectivity index (χ3v) is 4.02. The summed E-state index contributed by atoms with van der Waals surface area (Å²) in [6.45, 7) is 4.15. The fraction of sp³-hybridized carbons (Fsp3) is 0.250. The van der Waals surface area contributed by atoms with Crippen LogP contribution in [-0.4, -0.2) is 5.97 Å². The second kappa shape index (κ2) is 6.18. The third kappa shape index (κ3) is 2.69. The van der Waals surface area contributed by atoms with E-state index in [1.807, 2.05) is 30.3 Å². The molecule has 0 unspecified atom stereocenters. The lowest BCUT2D eigenvalue weighted by Gasteiger charge is -2.15. The van der Waals surface area contributed by atoms with Crippen molar-refractivity contribution in [1.82, 2.24) is 0 Å². The lowest BCUT2D eigenvalue weighted by Crippen LogP contribution is -2.03. The number of ether oxygens (including phenoxy) is 1. The number of hydrogen-bond acceptors (Lipinski definition) is 2. The van der Waals surface area contributed by atoms with Gasteiger partial charge in [-0.05, 0) is 24.5 Å². The van der Waals surface area contributed by atoms with E-state index in [4.69, 9.17) is 4.74 Å². The zero-order valence-corrected chi connectivity index (χ0v) is 13.0. The van der Waals surface area contributed by atoms with Gasteiger partial charge in [0, 0.05) is 11.1 Å². The van der Waals surface area contributed by atoms with Crippen molar-refractivity contribution in [2.24, 2.45) is 0 Å². The molecule has 112 valence electrons. The molecule has 2 nitrogen and oxygen atoms in total. The lowest BCUT2D eigenvalue weighted by atomic mass is 9.91. The minimum Gasteiger partial charge on any atom is -0.449 e. The van der Waals surface area contributed by atoms with Crippen LogP contribution in [0.1, 0.15) is 42.6 Å². The lowest BCUT2D eigenvalue weighted by molar-refractivity contribution is -0.139. The number of rotatable bonds is 4. The van der Waals surface area contributed by atoms with E-state index in [2.05, 4.69) is 38.1 Å². The van der Waals surface area contributed by atoms with Gasteiger partial charge >= 0.3 is 5.97 Å². The molecule has 0 aromatic heterocycles. The number of esters is 1. The summed E-state index contributed by atoms with van der Waals surface area (Å²) in [6, 6.07) is 18.3. The predicted octanol–water partition coefficient (Wildman–Crippen LogP) is 4.85. The van der Waals surface area contributed by atoms with Crippen molar-refractivity contribution < 1.29 is 9.53 Å². The van der Waals surface area contributed by atoms with E-state index < -0.39 is 0 Å². The molecule has 0 N–H and O–H groups in total. The summed E-state index contributed by atoms with van der Waals surface area (Å²) >= 11 is 0. The van der Waals surface area contributed by atoms with Crippen molar-refractivity contribution in [3.05, 3.63) is 76.9 Å². The van der Waals surface area contributed by atoms with E-state index >= 15 is 0 Å². The molecular weight excluding hydrogens is 272 g/mol. The minimum absolute atomic E-state index is 0.175. The Morgan fingerprint density at radius 3 is 2.32 bits per heavy atom. The van der Waals surface area contributed by atoms with Gasteiger partial charge in [-0.25, -0.2) is 4.79 Å². The van der Waals surface area contributed by atoms with Gasteiger partial charge in [0.25, 0.3) is 0 Å². The molecule has 0 radical (unpaired) electrons. The molecular formula is C20H20O2. The first kappa shape index (κ1) is 14.6. The third-order valence-electron chi connectivity index (χ3n) is 4.02. The Hall–Kier alpha value is -2.35. The van der Waals surface area contributed by atoms with Gasteiger partial charge in [-0.2, -0.15) is 0 Å². The molecule has 1 atom stereocenters. The summed E-state index contributed by atoms with van der Waals surface area (Å²) in [5.74, 6) is -0.175. The predicted molar refractivity (Wildman–Crippen MR) is 88.3 cm³/mol. The van der Waals surface area contributed by atoms with Crippen molar-refractivity contribution in [3.63, 3.8) is 0 Å². The number of benzene rings is 2. The van der Waals surface area contributed by atoms with Crippen LogP contribution >= 0.6 is 0 Å². The van der Waals surface area contributed by atoms with Crippen LogP contribution in [0.3, 0.4) is 0 Å².